The van der Waals surface area contributed by atoms with Gasteiger partial charge in [0.2, 0.25) is 0 Å². The van der Waals surface area contributed by atoms with E-state index in [9.17, 15) is 8.78 Å². The van der Waals surface area contributed by atoms with Crippen LogP contribution in [-0.2, 0) is 0 Å². The topological polar surface area (TPSA) is 0 Å². The second-order valence-electron chi connectivity index (χ2n) is 6.88. The third kappa shape index (κ3) is 3.98. The predicted octanol–water partition coefficient (Wildman–Crippen LogP) is 7.31. The van der Waals surface area contributed by atoms with E-state index in [4.69, 9.17) is 0 Å². The van der Waals surface area contributed by atoms with Crippen molar-refractivity contribution >= 4 is 22.6 Å². The molecule has 0 bridgehead atoms. The fourth-order valence-corrected chi connectivity index (χ4v) is 4.17. The Hall–Kier alpha value is -0.970. The van der Waals surface area contributed by atoms with Gasteiger partial charge in [0.25, 0.3) is 0 Å². The van der Waals surface area contributed by atoms with E-state index in [0.29, 0.717) is 11.5 Å². The highest BCUT2D eigenvalue weighted by Gasteiger charge is 2.21. The van der Waals surface area contributed by atoms with E-state index in [1.165, 1.54) is 56.2 Å². The van der Waals surface area contributed by atoms with Crippen molar-refractivity contribution in [3.05, 3.63) is 57.2 Å². The van der Waals surface area contributed by atoms with Crippen LogP contribution in [0.3, 0.4) is 0 Å². The first-order valence-corrected chi connectivity index (χ1v) is 9.91. The highest BCUT2D eigenvalue weighted by molar-refractivity contribution is 14.1. The highest BCUT2D eigenvalue weighted by atomic mass is 127. The Morgan fingerprint density at radius 2 is 1.50 bits per heavy atom. The van der Waals surface area contributed by atoms with Crippen LogP contribution >= 0.6 is 22.6 Å². The number of benzene rings is 2. The molecule has 0 spiro atoms. The minimum Gasteiger partial charge on any atom is -0.206 e. The summed E-state index contributed by atoms with van der Waals surface area (Å²) in [6.45, 7) is 2.26. The predicted molar refractivity (Wildman–Crippen MR) is 104 cm³/mol. The molecule has 0 unspecified atom stereocenters. The molecule has 0 atom stereocenters. The lowest BCUT2D eigenvalue weighted by Crippen LogP contribution is -2.13. The Morgan fingerprint density at radius 3 is 2.04 bits per heavy atom. The van der Waals surface area contributed by atoms with Gasteiger partial charge in [0.05, 0.1) is 3.57 Å². The minimum absolute atomic E-state index is 0.0526. The van der Waals surface area contributed by atoms with E-state index in [2.05, 4.69) is 19.1 Å². The van der Waals surface area contributed by atoms with Gasteiger partial charge in [-0.05, 0) is 88.9 Å². The van der Waals surface area contributed by atoms with Crippen LogP contribution in [0.4, 0.5) is 8.78 Å². The van der Waals surface area contributed by atoms with Crippen LogP contribution in [0.2, 0.25) is 0 Å². The third-order valence-corrected chi connectivity index (χ3v) is 6.27. The Morgan fingerprint density at radius 1 is 0.917 bits per heavy atom. The van der Waals surface area contributed by atoms with Gasteiger partial charge < -0.3 is 0 Å². The van der Waals surface area contributed by atoms with E-state index in [1.807, 2.05) is 12.1 Å². The number of hydrogen-bond donors (Lipinski definition) is 0. The van der Waals surface area contributed by atoms with E-state index >= 15 is 0 Å². The molecule has 0 amide bonds. The van der Waals surface area contributed by atoms with E-state index in [0.717, 1.165) is 11.5 Å². The van der Waals surface area contributed by atoms with Crippen molar-refractivity contribution in [1.82, 2.24) is 0 Å². The van der Waals surface area contributed by atoms with Gasteiger partial charge in [-0.2, -0.15) is 0 Å². The lowest BCUT2D eigenvalue weighted by molar-refractivity contribution is 0.308. The van der Waals surface area contributed by atoms with Gasteiger partial charge in [-0.15, -0.1) is 0 Å². The summed E-state index contributed by atoms with van der Waals surface area (Å²) < 4.78 is 27.5. The first kappa shape index (κ1) is 17.8. The second-order valence-corrected chi connectivity index (χ2v) is 7.96. The summed E-state index contributed by atoms with van der Waals surface area (Å²) in [6.07, 6.45) is 7.82. The van der Waals surface area contributed by atoms with Crippen LogP contribution in [0.15, 0.2) is 36.4 Å². The summed E-state index contributed by atoms with van der Waals surface area (Å²) in [7, 11) is 0. The monoisotopic (exact) mass is 440 g/mol. The molecular formula is C21H23F2I. The zero-order valence-electron chi connectivity index (χ0n) is 14.0. The molecule has 0 aromatic heterocycles. The van der Waals surface area contributed by atoms with Crippen molar-refractivity contribution < 1.29 is 8.78 Å². The molecular weight excluding hydrogens is 417 g/mol. The van der Waals surface area contributed by atoms with Gasteiger partial charge in [0, 0.05) is 0 Å². The van der Waals surface area contributed by atoms with Crippen LogP contribution in [0, 0.1) is 21.1 Å². The molecule has 1 aliphatic rings. The standard InChI is InChI=1S/C21H23F2I/c1-2-3-14-4-6-15(7-5-14)16-8-10-17(11-9-16)18-12-19(22)21(24)20(23)13-18/h8-15H,2-7H2,1H3. The molecule has 0 saturated heterocycles. The maximum Gasteiger partial charge on any atom is 0.140 e. The Balaban J connectivity index is 1.72. The largest absolute Gasteiger partial charge is 0.206 e. The molecule has 1 fully saturated rings. The van der Waals surface area contributed by atoms with E-state index in [-0.39, 0.29) is 3.57 Å². The molecule has 1 saturated carbocycles. The lowest BCUT2D eigenvalue weighted by atomic mass is 9.77. The van der Waals surface area contributed by atoms with Crippen molar-refractivity contribution in [3.63, 3.8) is 0 Å². The van der Waals surface area contributed by atoms with Crippen LogP contribution in [0.25, 0.3) is 11.1 Å². The van der Waals surface area contributed by atoms with Gasteiger partial charge in [0.1, 0.15) is 11.6 Å². The average Bonchev–Trinajstić information content (AvgIpc) is 2.60. The zero-order chi connectivity index (χ0) is 17.1. The van der Waals surface area contributed by atoms with Crippen LogP contribution in [0.5, 0.6) is 0 Å². The number of hydrogen-bond acceptors (Lipinski definition) is 0. The Bertz CT molecular complexity index is 662. The average molecular weight is 440 g/mol. The minimum atomic E-state index is -0.496. The molecule has 0 aliphatic heterocycles. The van der Waals surface area contributed by atoms with E-state index in [1.54, 1.807) is 22.6 Å². The third-order valence-electron chi connectivity index (χ3n) is 5.24. The quantitative estimate of drug-likeness (QED) is 0.346. The fourth-order valence-electron chi connectivity index (χ4n) is 3.86. The molecule has 1 aliphatic carbocycles. The van der Waals surface area contributed by atoms with Gasteiger partial charge >= 0.3 is 0 Å². The van der Waals surface area contributed by atoms with Crippen molar-refractivity contribution in [3.8, 4) is 11.1 Å². The smallest absolute Gasteiger partial charge is 0.140 e. The summed E-state index contributed by atoms with van der Waals surface area (Å²) in [4.78, 5) is 0. The Labute approximate surface area is 156 Å². The fraction of sp³-hybridized carbons (Fsp3) is 0.429. The van der Waals surface area contributed by atoms with Crippen LogP contribution in [-0.4, -0.2) is 0 Å². The maximum absolute atomic E-state index is 13.7. The molecule has 2 aromatic rings. The Kier molecular flexibility index (Phi) is 5.90. The first-order chi connectivity index (χ1) is 11.6. The number of rotatable bonds is 4. The van der Waals surface area contributed by atoms with Gasteiger partial charge in [-0.25, -0.2) is 8.78 Å². The summed E-state index contributed by atoms with van der Waals surface area (Å²) in [6, 6.07) is 11.1. The van der Waals surface area contributed by atoms with Gasteiger partial charge in [0.15, 0.2) is 0 Å². The highest BCUT2D eigenvalue weighted by Crippen LogP contribution is 2.38. The molecule has 2 aromatic carbocycles. The molecule has 0 radical (unpaired) electrons. The first-order valence-electron chi connectivity index (χ1n) is 8.83. The summed E-state index contributed by atoms with van der Waals surface area (Å²) >= 11 is 1.70. The van der Waals surface area contributed by atoms with Crippen LogP contribution < -0.4 is 0 Å². The molecule has 0 nitrogen and oxygen atoms in total. The number of halogens is 3. The molecule has 0 N–H and O–H groups in total. The van der Waals surface area contributed by atoms with Crippen molar-refractivity contribution in [1.29, 1.82) is 0 Å². The molecule has 24 heavy (non-hydrogen) atoms. The normalized spacial score (nSPS) is 21.0. The lowest BCUT2D eigenvalue weighted by Gasteiger charge is -2.28. The molecule has 3 heteroatoms. The van der Waals surface area contributed by atoms with Gasteiger partial charge in [-0.1, -0.05) is 44.0 Å². The van der Waals surface area contributed by atoms with Crippen LogP contribution in [0.1, 0.15) is 56.9 Å². The zero-order valence-corrected chi connectivity index (χ0v) is 16.2. The summed E-state index contributed by atoms with van der Waals surface area (Å²) in [5.74, 6) is 0.550. The molecule has 128 valence electrons. The second kappa shape index (κ2) is 7.94. The molecule has 0 heterocycles. The van der Waals surface area contributed by atoms with Crippen molar-refractivity contribution in [2.75, 3.05) is 0 Å². The van der Waals surface area contributed by atoms with E-state index < -0.39 is 11.6 Å². The summed E-state index contributed by atoms with van der Waals surface area (Å²) in [5, 5.41) is 0. The SMILES string of the molecule is CCCC1CCC(c2ccc(-c3cc(F)c(I)c(F)c3)cc2)CC1. The maximum atomic E-state index is 13.7. The van der Waals surface area contributed by atoms with Gasteiger partial charge in [-0.3, -0.25) is 0 Å². The summed E-state index contributed by atoms with van der Waals surface area (Å²) in [5.41, 5.74) is 2.83. The van der Waals surface area contributed by atoms with Crippen molar-refractivity contribution in [2.45, 2.75) is 51.4 Å². The molecule has 3 rings (SSSR count). The van der Waals surface area contributed by atoms with Crippen molar-refractivity contribution in [2.24, 2.45) is 5.92 Å².